The van der Waals surface area contributed by atoms with Gasteiger partial charge in [-0.3, -0.25) is 4.79 Å². The van der Waals surface area contributed by atoms with E-state index in [0.29, 0.717) is 17.6 Å². The Morgan fingerprint density at radius 1 is 1.04 bits per heavy atom. The molecule has 2 N–H and O–H groups in total. The minimum absolute atomic E-state index is 0.0166. The molecule has 1 fully saturated rings. The van der Waals surface area contributed by atoms with Gasteiger partial charge in [-0.1, -0.05) is 18.2 Å². The van der Waals surface area contributed by atoms with Gasteiger partial charge in [0.1, 0.15) is 0 Å². The van der Waals surface area contributed by atoms with E-state index in [0.717, 1.165) is 29.1 Å². The summed E-state index contributed by atoms with van der Waals surface area (Å²) in [5.41, 5.74) is 2.40. The van der Waals surface area contributed by atoms with Gasteiger partial charge in [-0.15, -0.1) is 11.3 Å². The number of fused-ring (bicyclic) bond motifs is 1. The molecule has 4 aromatic rings. The standard InChI is InChI=1S/C22H18N4OS/c27-21(24-16-9-10-16)14-5-7-17(8-6-14)25-22-23-12-11-18(26-22)20-13-15-3-1-2-4-19(15)28-20/h1-8,11-13,16H,9-10H2,(H,24,27)(H,23,25,26). The molecular formula is C22H18N4OS. The Morgan fingerprint density at radius 2 is 1.86 bits per heavy atom. The number of benzene rings is 2. The molecule has 0 atom stereocenters. The maximum absolute atomic E-state index is 12.1. The lowest BCUT2D eigenvalue weighted by atomic mass is 10.2. The number of amides is 1. The number of carbonyl (C=O) groups is 1. The van der Waals surface area contributed by atoms with Gasteiger partial charge in [-0.2, -0.15) is 0 Å². The van der Waals surface area contributed by atoms with Crippen LogP contribution in [0.3, 0.4) is 0 Å². The maximum Gasteiger partial charge on any atom is 0.251 e. The predicted octanol–water partition coefficient (Wildman–Crippen LogP) is 4.99. The summed E-state index contributed by atoms with van der Waals surface area (Å²) in [5, 5.41) is 7.43. The molecule has 0 bridgehead atoms. The average molecular weight is 386 g/mol. The summed E-state index contributed by atoms with van der Waals surface area (Å²) >= 11 is 1.72. The van der Waals surface area contributed by atoms with Gasteiger partial charge >= 0.3 is 0 Å². The number of hydrogen-bond acceptors (Lipinski definition) is 5. The molecule has 0 unspecified atom stereocenters. The van der Waals surface area contributed by atoms with E-state index in [9.17, 15) is 4.79 Å². The van der Waals surface area contributed by atoms with Crippen LogP contribution in [-0.4, -0.2) is 21.9 Å². The Labute approximate surface area is 166 Å². The highest BCUT2D eigenvalue weighted by Gasteiger charge is 2.23. The van der Waals surface area contributed by atoms with Crippen LogP contribution in [0, 0.1) is 0 Å². The number of rotatable bonds is 5. The molecule has 0 aliphatic heterocycles. The third kappa shape index (κ3) is 3.59. The van der Waals surface area contributed by atoms with Crippen molar-refractivity contribution in [3.05, 3.63) is 72.4 Å². The Kier molecular flexibility index (Phi) is 4.25. The Hall–Kier alpha value is -3.25. The second-order valence-electron chi connectivity index (χ2n) is 6.86. The van der Waals surface area contributed by atoms with Crippen LogP contribution in [0.1, 0.15) is 23.2 Å². The minimum atomic E-state index is -0.0166. The number of hydrogen-bond donors (Lipinski definition) is 2. The summed E-state index contributed by atoms with van der Waals surface area (Å²) < 4.78 is 1.24. The number of carbonyl (C=O) groups excluding carboxylic acids is 1. The van der Waals surface area contributed by atoms with Crippen molar-refractivity contribution in [2.75, 3.05) is 5.32 Å². The second-order valence-corrected chi connectivity index (χ2v) is 7.95. The van der Waals surface area contributed by atoms with Gasteiger partial charge in [0.15, 0.2) is 0 Å². The van der Waals surface area contributed by atoms with Crippen molar-refractivity contribution in [1.29, 1.82) is 0 Å². The first-order valence-corrected chi connectivity index (χ1v) is 10.1. The van der Waals surface area contributed by atoms with Gasteiger partial charge in [-0.25, -0.2) is 9.97 Å². The van der Waals surface area contributed by atoms with Gasteiger partial charge in [0, 0.05) is 28.2 Å². The van der Waals surface area contributed by atoms with Crippen molar-refractivity contribution in [2.24, 2.45) is 0 Å². The van der Waals surface area contributed by atoms with Gasteiger partial charge in [-0.05, 0) is 60.7 Å². The number of nitrogens with zero attached hydrogens (tertiary/aromatic N) is 2. The topological polar surface area (TPSA) is 66.9 Å². The van der Waals surface area contributed by atoms with Gasteiger partial charge in [0.25, 0.3) is 5.91 Å². The summed E-state index contributed by atoms with van der Waals surface area (Å²) in [6.07, 6.45) is 3.92. The summed E-state index contributed by atoms with van der Waals surface area (Å²) in [6.45, 7) is 0. The van der Waals surface area contributed by atoms with Crippen LogP contribution >= 0.6 is 11.3 Å². The van der Waals surface area contributed by atoms with Crippen LogP contribution in [0.4, 0.5) is 11.6 Å². The number of aromatic nitrogens is 2. The van der Waals surface area contributed by atoms with Crippen LogP contribution in [0.2, 0.25) is 0 Å². The van der Waals surface area contributed by atoms with E-state index in [1.165, 1.54) is 10.1 Å². The van der Waals surface area contributed by atoms with E-state index in [1.807, 2.05) is 42.5 Å². The van der Waals surface area contributed by atoms with Crippen LogP contribution in [0.5, 0.6) is 0 Å². The zero-order valence-electron chi connectivity index (χ0n) is 15.1. The molecule has 1 aliphatic rings. The number of nitrogens with one attached hydrogen (secondary N) is 2. The molecule has 2 aromatic carbocycles. The third-order valence-corrected chi connectivity index (χ3v) is 5.79. The summed E-state index contributed by atoms with van der Waals surface area (Å²) in [5.74, 6) is 0.516. The maximum atomic E-state index is 12.1. The molecule has 1 aliphatic carbocycles. The predicted molar refractivity (Wildman–Crippen MR) is 113 cm³/mol. The molecule has 1 amide bonds. The molecule has 2 heterocycles. The molecule has 138 valence electrons. The smallest absolute Gasteiger partial charge is 0.251 e. The molecule has 2 aromatic heterocycles. The van der Waals surface area contributed by atoms with Crippen molar-refractivity contribution in [2.45, 2.75) is 18.9 Å². The minimum Gasteiger partial charge on any atom is -0.349 e. The average Bonchev–Trinajstić information content (AvgIpc) is 3.43. The molecule has 5 rings (SSSR count). The van der Waals surface area contributed by atoms with Crippen LogP contribution in [-0.2, 0) is 0 Å². The van der Waals surface area contributed by atoms with Crippen molar-refractivity contribution >= 4 is 39.0 Å². The Balaban J connectivity index is 1.34. The van der Waals surface area contributed by atoms with Crippen LogP contribution < -0.4 is 10.6 Å². The highest BCUT2D eigenvalue weighted by atomic mass is 32.1. The molecule has 28 heavy (non-hydrogen) atoms. The third-order valence-electron chi connectivity index (χ3n) is 4.65. The second kappa shape index (κ2) is 7.05. The van der Waals surface area contributed by atoms with Crippen molar-refractivity contribution < 1.29 is 4.79 Å². The molecule has 0 saturated heterocycles. The van der Waals surface area contributed by atoms with Crippen molar-refractivity contribution in [3.8, 4) is 10.6 Å². The van der Waals surface area contributed by atoms with Gasteiger partial charge < -0.3 is 10.6 Å². The quantitative estimate of drug-likeness (QED) is 0.507. The van der Waals surface area contributed by atoms with E-state index >= 15 is 0 Å². The van der Waals surface area contributed by atoms with E-state index in [4.69, 9.17) is 0 Å². The largest absolute Gasteiger partial charge is 0.349 e. The lowest BCUT2D eigenvalue weighted by Crippen LogP contribution is -2.25. The van der Waals surface area contributed by atoms with E-state index in [2.05, 4.69) is 38.8 Å². The van der Waals surface area contributed by atoms with Crippen molar-refractivity contribution in [1.82, 2.24) is 15.3 Å². The first kappa shape index (κ1) is 16.9. The highest BCUT2D eigenvalue weighted by Crippen LogP contribution is 2.32. The molecule has 0 spiro atoms. The van der Waals surface area contributed by atoms with Crippen molar-refractivity contribution in [3.63, 3.8) is 0 Å². The van der Waals surface area contributed by atoms with E-state index in [1.54, 1.807) is 17.5 Å². The fraction of sp³-hybridized carbons (Fsp3) is 0.136. The fourth-order valence-electron chi connectivity index (χ4n) is 2.99. The monoisotopic (exact) mass is 386 g/mol. The molecule has 0 radical (unpaired) electrons. The molecular weight excluding hydrogens is 368 g/mol. The normalized spacial score (nSPS) is 13.4. The van der Waals surface area contributed by atoms with E-state index < -0.39 is 0 Å². The Morgan fingerprint density at radius 3 is 2.64 bits per heavy atom. The van der Waals surface area contributed by atoms with Crippen LogP contribution in [0.25, 0.3) is 20.7 Å². The summed E-state index contributed by atoms with van der Waals surface area (Å²) in [4.78, 5) is 22.2. The van der Waals surface area contributed by atoms with E-state index in [-0.39, 0.29) is 5.91 Å². The highest BCUT2D eigenvalue weighted by molar-refractivity contribution is 7.22. The first-order valence-electron chi connectivity index (χ1n) is 9.24. The fourth-order valence-corrected chi connectivity index (χ4v) is 4.03. The lowest BCUT2D eigenvalue weighted by molar-refractivity contribution is 0.0951. The molecule has 6 heteroatoms. The zero-order valence-corrected chi connectivity index (χ0v) is 15.9. The first-order chi connectivity index (χ1) is 13.7. The SMILES string of the molecule is O=C(NC1CC1)c1ccc(Nc2nccc(-c3cc4ccccc4s3)n2)cc1. The zero-order chi connectivity index (χ0) is 18.9. The lowest BCUT2D eigenvalue weighted by Gasteiger charge is -2.07. The Bertz CT molecular complexity index is 1120. The van der Waals surface area contributed by atoms with Gasteiger partial charge in [0.05, 0.1) is 10.6 Å². The molecule has 5 nitrogen and oxygen atoms in total. The van der Waals surface area contributed by atoms with Crippen LogP contribution in [0.15, 0.2) is 66.9 Å². The molecule has 1 saturated carbocycles. The number of anilines is 2. The van der Waals surface area contributed by atoms with Gasteiger partial charge in [0.2, 0.25) is 5.95 Å². The number of thiophene rings is 1. The summed E-state index contributed by atoms with van der Waals surface area (Å²) in [7, 11) is 0. The summed E-state index contributed by atoms with van der Waals surface area (Å²) in [6, 6.07) is 20.1.